The van der Waals surface area contributed by atoms with Crippen LogP contribution in [-0.2, 0) is 11.2 Å². The van der Waals surface area contributed by atoms with Gasteiger partial charge in [0.1, 0.15) is 5.69 Å². The highest BCUT2D eigenvalue weighted by Crippen LogP contribution is 2.28. The van der Waals surface area contributed by atoms with Gasteiger partial charge in [-0.2, -0.15) is 4.98 Å². The number of para-hydroxylation sites is 1. The van der Waals surface area contributed by atoms with Crippen LogP contribution < -0.4 is 0 Å². The molecular formula is C19H15N5O3. The number of fused-ring (bicyclic) bond motifs is 1. The van der Waals surface area contributed by atoms with E-state index in [2.05, 4.69) is 20.3 Å². The van der Waals surface area contributed by atoms with Gasteiger partial charge in [0.25, 0.3) is 0 Å². The van der Waals surface area contributed by atoms with Crippen LogP contribution in [0.25, 0.3) is 22.4 Å². The number of amides is 1. The van der Waals surface area contributed by atoms with Gasteiger partial charge >= 0.3 is 0 Å². The van der Waals surface area contributed by atoms with Crippen molar-refractivity contribution in [2.75, 3.05) is 13.1 Å². The van der Waals surface area contributed by atoms with Gasteiger partial charge in [0.15, 0.2) is 5.58 Å². The summed E-state index contributed by atoms with van der Waals surface area (Å²) in [6.07, 6.45) is 3.60. The molecule has 1 aliphatic rings. The second-order valence-corrected chi connectivity index (χ2v) is 6.50. The van der Waals surface area contributed by atoms with E-state index in [9.17, 15) is 4.79 Å². The molecule has 4 aromatic rings. The SMILES string of the molecule is O=C(Cc1noc2ccccc12)N1CC(c2nc(-c3cccnc3)no2)C1. The zero-order chi connectivity index (χ0) is 18.2. The number of nitrogens with zero attached hydrogens (tertiary/aromatic N) is 5. The Balaban J connectivity index is 1.23. The minimum absolute atomic E-state index is 0.0114. The summed E-state index contributed by atoms with van der Waals surface area (Å²) in [6, 6.07) is 11.2. The zero-order valence-electron chi connectivity index (χ0n) is 14.3. The summed E-state index contributed by atoms with van der Waals surface area (Å²) in [5.41, 5.74) is 2.16. The van der Waals surface area contributed by atoms with Crippen LogP contribution in [0.3, 0.4) is 0 Å². The molecule has 1 fully saturated rings. The first-order chi connectivity index (χ1) is 13.3. The first kappa shape index (κ1) is 15.7. The van der Waals surface area contributed by atoms with Crippen molar-refractivity contribution in [2.24, 2.45) is 0 Å². The molecule has 0 radical (unpaired) electrons. The van der Waals surface area contributed by atoms with Gasteiger partial charge in [-0.25, -0.2) is 0 Å². The highest BCUT2D eigenvalue weighted by molar-refractivity contribution is 5.86. The smallest absolute Gasteiger partial charge is 0.233 e. The number of pyridine rings is 1. The van der Waals surface area contributed by atoms with Gasteiger partial charge in [0.05, 0.1) is 12.3 Å². The molecule has 134 valence electrons. The van der Waals surface area contributed by atoms with Crippen LogP contribution in [0.1, 0.15) is 17.5 Å². The minimum atomic E-state index is 0.0114. The van der Waals surface area contributed by atoms with E-state index in [0.29, 0.717) is 36.1 Å². The molecule has 1 amide bonds. The van der Waals surface area contributed by atoms with Crippen molar-refractivity contribution in [3.63, 3.8) is 0 Å². The van der Waals surface area contributed by atoms with Crippen LogP contribution in [-0.4, -0.2) is 44.2 Å². The molecule has 4 heterocycles. The van der Waals surface area contributed by atoms with Gasteiger partial charge in [-0.3, -0.25) is 9.78 Å². The van der Waals surface area contributed by atoms with Crippen molar-refractivity contribution in [1.82, 2.24) is 25.2 Å². The summed E-state index contributed by atoms with van der Waals surface area (Å²) in [7, 11) is 0. The van der Waals surface area contributed by atoms with Gasteiger partial charge in [-0.15, -0.1) is 0 Å². The molecule has 0 aliphatic carbocycles. The van der Waals surface area contributed by atoms with Gasteiger partial charge in [0, 0.05) is 36.4 Å². The van der Waals surface area contributed by atoms with Crippen molar-refractivity contribution in [2.45, 2.75) is 12.3 Å². The maximum Gasteiger partial charge on any atom is 0.233 e. The summed E-state index contributed by atoms with van der Waals surface area (Å²) >= 11 is 0. The van der Waals surface area contributed by atoms with E-state index in [1.54, 1.807) is 17.3 Å². The molecule has 8 nitrogen and oxygen atoms in total. The van der Waals surface area contributed by atoms with E-state index in [0.717, 1.165) is 10.9 Å². The Morgan fingerprint density at radius 1 is 1.11 bits per heavy atom. The lowest BCUT2D eigenvalue weighted by Crippen LogP contribution is -2.49. The monoisotopic (exact) mass is 361 g/mol. The first-order valence-electron chi connectivity index (χ1n) is 8.63. The summed E-state index contributed by atoms with van der Waals surface area (Å²) in [5, 5.41) is 8.90. The van der Waals surface area contributed by atoms with Crippen LogP contribution in [0.5, 0.6) is 0 Å². The molecule has 0 atom stereocenters. The number of likely N-dealkylation sites (tertiary alicyclic amines) is 1. The summed E-state index contributed by atoms with van der Waals surface area (Å²) < 4.78 is 10.6. The molecule has 5 rings (SSSR count). The molecule has 0 N–H and O–H groups in total. The van der Waals surface area contributed by atoms with E-state index in [4.69, 9.17) is 9.05 Å². The predicted molar refractivity (Wildman–Crippen MR) is 94.6 cm³/mol. The maximum absolute atomic E-state index is 12.5. The lowest BCUT2D eigenvalue weighted by Gasteiger charge is -2.37. The Morgan fingerprint density at radius 2 is 2.00 bits per heavy atom. The number of carbonyl (C=O) groups excluding carboxylic acids is 1. The standard InChI is InChI=1S/C19H15N5O3/c25-17(8-15-14-5-1-2-6-16(14)26-22-15)24-10-13(11-24)19-21-18(23-27-19)12-4-3-7-20-9-12/h1-7,9,13H,8,10-11H2. The Bertz CT molecular complexity index is 1100. The molecule has 0 spiro atoms. The fraction of sp³-hybridized carbons (Fsp3) is 0.211. The van der Waals surface area contributed by atoms with Crippen molar-refractivity contribution >= 4 is 16.9 Å². The zero-order valence-corrected chi connectivity index (χ0v) is 14.3. The third kappa shape index (κ3) is 2.84. The average molecular weight is 361 g/mol. The van der Waals surface area contributed by atoms with Crippen LogP contribution in [0, 0.1) is 0 Å². The van der Waals surface area contributed by atoms with Gasteiger partial charge < -0.3 is 13.9 Å². The number of rotatable bonds is 4. The molecule has 27 heavy (non-hydrogen) atoms. The quantitative estimate of drug-likeness (QED) is 0.550. The third-order valence-corrected chi connectivity index (χ3v) is 4.72. The van der Waals surface area contributed by atoms with E-state index >= 15 is 0 Å². The van der Waals surface area contributed by atoms with Crippen molar-refractivity contribution in [3.8, 4) is 11.4 Å². The molecule has 1 aromatic carbocycles. The predicted octanol–water partition coefficient (Wildman–Crippen LogP) is 2.44. The topological polar surface area (TPSA) is 98.2 Å². The van der Waals surface area contributed by atoms with Gasteiger partial charge in [0.2, 0.25) is 17.6 Å². The lowest BCUT2D eigenvalue weighted by atomic mass is 9.99. The third-order valence-electron chi connectivity index (χ3n) is 4.72. The molecule has 0 bridgehead atoms. The number of hydrogen-bond acceptors (Lipinski definition) is 7. The Hall–Kier alpha value is -3.55. The Kier molecular flexibility index (Phi) is 3.67. The molecule has 1 saturated heterocycles. The molecule has 3 aromatic heterocycles. The van der Waals surface area contributed by atoms with Crippen LogP contribution in [0.15, 0.2) is 57.8 Å². The van der Waals surface area contributed by atoms with E-state index in [-0.39, 0.29) is 18.2 Å². The lowest BCUT2D eigenvalue weighted by molar-refractivity contribution is -0.135. The van der Waals surface area contributed by atoms with E-state index in [1.807, 2.05) is 36.4 Å². The van der Waals surface area contributed by atoms with Gasteiger partial charge in [-0.05, 0) is 24.3 Å². The first-order valence-corrected chi connectivity index (χ1v) is 8.63. The maximum atomic E-state index is 12.5. The summed E-state index contributed by atoms with van der Waals surface area (Å²) in [4.78, 5) is 22.8. The highest BCUT2D eigenvalue weighted by atomic mass is 16.5. The molecule has 8 heteroatoms. The summed E-state index contributed by atoms with van der Waals surface area (Å²) in [6.45, 7) is 1.12. The fourth-order valence-corrected chi connectivity index (χ4v) is 3.17. The van der Waals surface area contributed by atoms with Crippen molar-refractivity contribution in [3.05, 3.63) is 60.4 Å². The average Bonchev–Trinajstić information content (AvgIpc) is 3.29. The second-order valence-electron chi connectivity index (χ2n) is 6.50. The number of benzene rings is 1. The Labute approximate surface area is 153 Å². The Morgan fingerprint density at radius 3 is 2.85 bits per heavy atom. The van der Waals surface area contributed by atoms with Gasteiger partial charge in [-0.1, -0.05) is 22.4 Å². The molecule has 0 saturated carbocycles. The summed E-state index contributed by atoms with van der Waals surface area (Å²) in [5.74, 6) is 1.12. The minimum Gasteiger partial charge on any atom is -0.356 e. The number of carbonyl (C=O) groups is 1. The van der Waals surface area contributed by atoms with E-state index < -0.39 is 0 Å². The largest absolute Gasteiger partial charge is 0.356 e. The normalized spacial score (nSPS) is 14.4. The van der Waals surface area contributed by atoms with Crippen molar-refractivity contribution in [1.29, 1.82) is 0 Å². The molecular weight excluding hydrogens is 346 g/mol. The van der Waals surface area contributed by atoms with Crippen LogP contribution in [0.2, 0.25) is 0 Å². The van der Waals surface area contributed by atoms with Crippen LogP contribution >= 0.6 is 0 Å². The number of aromatic nitrogens is 4. The molecule has 0 unspecified atom stereocenters. The fourth-order valence-electron chi connectivity index (χ4n) is 3.17. The second kappa shape index (κ2) is 6.31. The number of hydrogen-bond donors (Lipinski definition) is 0. The molecule has 1 aliphatic heterocycles. The van der Waals surface area contributed by atoms with Crippen LogP contribution in [0.4, 0.5) is 0 Å². The van der Waals surface area contributed by atoms with Crippen molar-refractivity contribution < 1.29 is 13.8 Å². The highest BCUT2D eigenvalue weighted by Gasteiger charge is 2.36. The van der Waals surface area contributed by atoms with E-state index in [1.165, 1.54) is 0 Å².